The summed E-state index contributed by atoms with van der Waals surface area (Å²) in [4.78, 5) is 29.9. The molecular formula is C19H25N3O5. The first-order chi connectivity index (χ1) is 13.0. The molecule has 1 atom stereocenters. The van der Waals surface area contributed by atoms with E-state index in [9.17, 15) is 14.7 Å². The molecule has 0 spiro atoms. The summed E-state index contributed by atoms with van der Waals surface area (Å²) < 4.78 is 10.4. The van der Waals surface area contributed by atoms with Crippen molar-refractivity contribution < 1.29 is 19.4 Å². The van der Waals surface area contributed by atoms with Gasteiger partial charge in [0.2, 0.25) is 0 Å². The van der Waals surface area contributed by atoms with E-state index in [4.69, 9.17) is 9.47 Å². The number of hydrogen-bond acceptors (Lipinski definition) is 6. The fourth-order valence-corrected chi connectivity index (χ4v) is 3.66. The van der Waals surface area contributed by atoms with Gasteiger partial charge in [-0.05, 0) is 32.0 Å². The molecule has 1 amide bonds. The van der Waals surface area contributed by atoms with Gasteiger partial charge >= 0.3 is 0 Å². The highest BCUT2D eigenvalue weighted by molar-refractivity contribution is 6.02. The Labute approximate surface area is 157 Å². The van der Waals surface area contributed by atoms with Gasteiger partial charge in [0.1, 0.15) is 11.3 Å². The van der Waals surface area contributed by atoms with Crippen molar-refractivity contribution >= 4 is 16.8 Å². The molecule has 3 N–H and O–H groups in total. The molecule has 8 nitrogen and oxygen atoms in total. The molecule has 2 aromatic rings. The Bertz CT molecular complexity index is 908. The van der Waals surface area contributed by atoms with Gasteiger partial charge in [0.25, 0.3) is 11.5 Å². The van der Waals surface area contributed by atoms with Crippen LogP contribution in [0.3, 0.4) is 0 Å². The number of carbonyl (C=O) groups is 1. The Kier molecular flexibility index (Phi) is 5.55. The van der Waals surface area contributed by atoms with E-state index in [1.807, 2.05) is 0 Å². The zero-order chi connectivity index (χ0) is 19.6. The van der Waals surface area contributed by atoms with Crippen LogP contribution >= 0.6 is 0 Å². The number of rotatable bonds is 6. The first-order valence-corrected chi connectivity index (χ1v) is 9.03. The number of aromatic hydroxyl groups is 1. The molecule has 1 aromatic heterocycles. The average molecular weight is 375 g/mol. The number of hydrogen-bond donors (Lipinski definition) is 3. The smallest absolute Gasteiger partial charge is 0.265 e. The fourth-order valence-electron chi connectivity index (χ4n) is 3.66. The van der Waals surface area contributed by atoms with Gasteiger partial charge < -0.3 is 24.9 Å². The maximum atomic E-state index is 12.6. The molecular weight excluding hydrogens is 350 g/mol. The number of nitrogens with zero attached hydrogens (tertiary/aromatic N) is 1. The molecule has 0 aliphatic carbocycles. The summed E-state index contributed by atoms with van der Waals surface area (Å²) in [5, 5.41) is 13.7. The number of nitrogens with one attached hydrogen (secondary N) is 2. The molecule has 1 aliphatic rings. The first kappa shape index (κ1) is 19.0. The number of H-pyrrole nitrogens is 1. The summed E-state index contributed by atoms with van der Waals surface area (Å²) in [6.45, 7) is 4.46. The van der Waals surface area contributed by atoms with E-state index in [1.54, 1.807) is 6.07 Å². The van der Waals surface area contributed by atoms with Gasteiger partial charge in [-0.15, -0.1) is 0 Å². The lowest BCUT2D eigenvalue weighted by Crippen LogP contribution is -2.41. The van der Waals surface area contributed by atoms with Crippen LogP contribution in [0.25, 0.3) is 10.9 Å². The molecule has 2 heterocycles. The van der Waals surface area contributed by atoms with Crippen LogP contribution in [0.15, 0.2) is 16.9 Å². The molecule has 0 radical (unpaired) electrons. The summed E-state index contributed by atoms with van der Waals surface area (Å²) >= 11 is 0. The van der Waals surface area contributed by atoms with E-state index in [0.717, 1.165) is 25.9 Å². The predicted molar refractivity (Wildman–Crippen MR) is 102 cm³/mol. The number of aromatic nitrogens is 1. The van der Waals surface area contributed by atoms with Crippen molar-refractivity contribution in [1.82, 2.24) is 15.2 Å². The average Bonchev–Trinajstić information content (AvgIpc) is 3.13. The monoisotopic (exact) mass is 375 g/mol. The molecule has 1 fully saturated rings. The summed E-state index contributed by atoms with van der Waals surface area (Å²) in [6.07, 6.45) is 2.10. The third-order valence-electron chi connectivity index (χ3n) is 5.12. The predicted octanol–water partition coefficient (Wildman–Crippen LogP) is 1.46. The SMILES string of the molecule is CCN1CCC[C@@H]1CNC(=O)c1c(O)c2cc(OC)c(OC)cc2[nH]c1=O. The van der Waals surface area contributed by atoms with Crippen molar-refractivity contribution in [2.24, 2.45) is 0 Å². The number of likely N-dealkylation sites (N-methyl/N-ethyl adjacent to an activating group) is 1. The van der Waals surface area contributed by atoms with Crippen LogP contribution in [0, 0.1) is 0 Å². The minimum absolute atomic E-state index is 0.255. The summed E-state index contributed by atoms with van der Waals surface area (Å²) in [5.41, 5.74) is -0.584. The lowest BCUT2D eigenvalue weighted by Gasteiger charge is -2.22. The molecule has 0 unspecified atom stereocenters. The van der Waals surface area contributed by atoms with Gasteiger partial charge in [0.05, 0.1) is 19.7 Å². The number of aromatic amines is 1. The van der Waals surface area contributed by atoms with Crippen LogP contribution in [-0.4, -0.2) is 60.8 Å². The van der Waals surface area contributed by atoms with E-state index in [0.29, 0.717) is 28.9 Å². The number of likely N-dealkylation sites (tertiary alicyclic amines) is 1. The Morgan fingerprint density at radius 3 is 2.70 bits per heavy atom. The highest BCUT2D eigenvalue weighted by atomic mass is 16.5. The van der Waals surface area contributed by atoms with E-state index < -0.39 is 11.5 Å². The van der Waals surface area contributed by atoms with Crippen LogP contribution in [0.4, 0.5) is 0 Å². The largest absolute Gasteiger partial charge is 0.506 e. The van der Waals surface area contributed by atoms with Crippen LogP contribution in [0.2, 0.25) is 0 Å². The number of benzene rings is 1. The van der Waals surface area contributed by atoms with E-state index in [-0.39, 0.29) is 17.4 Å². The third kappa shape index (κ3) is 3.57. The second-order valence-electron chi connectivity index (χ2n) is 6.57. The fraction of sp³-hybridized carbons (Fsp3) is 0.474. The van der Waals surface area contributed by atoms with Gasteiger partial charge in [-0.2, -0.15) is 0 Å². The topological polar surface area (TPSA) is 104 Å². The number of fused-ring (bicyclic) bond motifs is 1. The number of amides is 1. The summed E-state index contributed by atoms with van der Waals surface area (Å²) in [7, 11) is 2.95. The maximum absolute atomic E-state index is 12.6. The first-order valence-electron chi connectivity index (χ1n) is 9.03. The molecule has 3 rings (SSSR count). The Morgan fingerprint density at radius 1 is 1.33 bits per heavy atom. The molecule has 1 aromatic carbocycles. The molecule has 27 heavy (non-hydrogen) atoms. The van der Waals surface area contributed by atoms with Crippen molar-refractivity contribution in [2.45, 2.75) is 25.8 Å². The van der Waals surface area contributed by atoms with E-state index in [2.05, 4.69) is 22.1 Å². The van der Waals surface area contributed by atoms with Gasteiger partial charge in [0, 0.05) is 24.0 Å². The quantitative estimate of drug-likeness (QED) is 0.706. The van der Waals surface area contributed by atoms with Crippen LogP contribution in [0.5, 0.6) is 17.2 Å². The van der Waals surface area contributed by atoms with Crippen molar-refractivity contribution in [3.05, 3.63) is 28.0 Å². The second kappa shape index (κ2) is 7.87. The number of carbonyl (C=O) groups excluding carboxylic acids is 1. The molecule has 146 valence electrons. The standard InChI is InChI=1S/C19H25N3O5/c1-4-22-7-5-6-11(22)10-20-18(24)16-17(23)12-8-14(26-2)15(27-3)9-13(12)21-19(16)25/h8-9,11H,4-7,10H2,1-3H3,(H,20,24)(H2,21,23,25)/t11-/m1/s1. The maximum Gasteiger partial charge on any atom is 0.265 e. The minimum atomic E-state index is -0.650. The van der Waals surface area contributed by atoms with Gasteiger partial charge in [-0.25, -0.2) is 0 Å². The normalized spacial score (nSPS) is 17.2. The second-order valence-corrected chi connectivity index (χ2v) is 6.57. The highest BCUT2D eigenvalue weighted by Gasteiger charge is 2.25. The summed E-state index contributed by atoms with van der Waals surface area (Å²) in [5.74, 6) is -0.152. The molecule has 0 bridgehead atoms. The van der Waals surface area contributed by atoms with E-state index in [1.165, 1.54) is 20.3 Å². The van der Waals surface area contributed by atoms with Gasteiger partial charge in [0.15, 0.2) is 11.5 Å². The number of pyridine rings is 1. The Hall–Kier alpha value is -2.74. The van der Waals surface area contributed by atoms with Gasteiger partial charge in [-0.3, -0.25) is 14.5 Å². The van der Waals surface area contributed by atoms with Crippen molar-refractivity contribution in [2.75, 3.05) is 33.9 Å². The number of methoxy groups -OCH3 is 2. The lowest BCUT2D eigenvalue weighted by atomic mass is 10.1. The zero-order valence-electron chi connectivity index (χ0n) is 15.8. The Balaban J connectivity index is 1.91. The number of ether oxygens (including phenoxy) is 2. The van der Waals surface area contributed by atoms with Crippen molar-refractivity contribution in [3.8, 4) is 17.2 Å². The molecule has 1 aliphatic heterocycles. The Morgan fingerprint density at radius 2 is 2.04 bits per heavy atom. The van der Waals surface area contributed by atoms with Crippen molar-refractivity contribution in [1.29, 1.82) is 0 Å². The van der Waals surface area contributed by atoms with Crippen LogP contribution in [0.1, 0.15) is 30.1 Å². The minimum Gasteiger partial charge on any atom is -0.506 e. The summed E-state index contributed by atoms with van der Waals surface area (Å²) in [6, 6.07) is 3.34. The van der Waals surface area contributed by atoms with Crippen molar-refractivity contribution in [3.63, 3.8) is 0 Å². The third-order valence-corrected chi connectivity index (χ3v) is 5.12. The molecule has 0 saturated carbocycles. The molecule has 1 saturated heterocycles. The van der Waals surface area contributed by atoms with Crippen LogP contribution < -0.4 is 20.3 Å². The van der Waals surface area contributed by atoms with E-state index >= 15 is 0 Å². The lowest BCUT2D eigenvalue weighted by molar-refractivity contribution is 0.0937. The zero-order valence-corrected chi connectivity index (χ0v) is 15.8. The molecule has 8 heteroatoms. The highest BCUT2D eigenvalue weighted by Crippen LogP contribution is 2.35. The van der Waals surface area contributed by atoms with Crippen LogP contribution in [-0.2, 0) is 0 Å². The van der Waals surface area contributed by atoms with Gasteiger partial charge in [-0.1, -0.05) is 6.92 Å².